The quantitative estimate of drug-likeness (QED) is 0.650. The van der Waals surface area contributed by atoms with Gasteiger partial charge in [-0.15, -0.1) is 0 Å². The molecule has 0 bridgehead atoms. The molecule has 19 heavy (non-hydrogen) atoms. The Morgan fingerprint density at radius 2 is 1.58 bits per heavy atom. The molecule has 4 heteroatoms. The fraction of sp³-hybridized carbons (Fsp3) is 0. The molecule has 0 spiro atoms. The number of fused-ring (bicyclic) bond motifs is 1. The number of hydrogen-bond acceptors (Lipinski definition) is 2. The molecular weight excluding hydrogens is 244 g/mol. The molecule has 0 amide bonds. The summed E-state index contributed by atoms with van der Waals surface area (Å²) in [4.78, 5) is 21.5. The van der Waals surface area contributed by atoms with Crippen LogP contribution in [-0.2, 0) is 9.59 Å². The minimum absolute atomic E-state index is 0.659. The van der Waals surface area contributed by atoms with Crippen molar-refractivity contribution < 1.29 is 19.8 Å². The molecule has 4 nitrogen and oxygen atoms in total. The summed E-state index contributed by atoms with van der Waals surface area (Å²) in [6, 6.07) is 13.2. The lowest BCUT2D eigenvalue weighted by atomic mass is 10.0. The van der Waals surface area contributed by atoms with Crippen LogP contribution in [0.25, 0.3) is 16.8 Å². The lowest BCUT2D eigenvalue weighted by Crippen LogP contribution is -2.18. The first kappa shape index (κ1) is 12.7. The number of rotatable bonds is 4. The molecule has 0 atom stereocenters. The number of hydrogen-bond donors (Lipinski definition) is 2. The van der Waals surface area contributed by atoms with Gasteiger partial charge in [-0.25, -0.2) is 9.59 Å². The van der Waals surface area contributed by atoms with Crippen molar-refractivity contribution >= 4 is 28.8 Å². The van der Waals surface area contributed by atoms with E-state index in [-0.39, 0.29) is 0 Å². The monoisotopic (exact) mass is 255 g/mol. The normalized spacial score (nSPS) is 10.7. The van der Waals surface area contributed by atoms with E-state index in [1.54, 1.807) is 6.07 Å². The molecular formula is C15H11O4+. The average molecular weight is 255 g/mol. The third-order valence-electron chi connectivity index (χ3n) is 2.71. The van der Waals surface area contributed by atoms with Gasteiger partial charge in [0.1, 0.15) is 6.08 Å². The van der Waals surface area contributed by atoms with Gasteiger partial charge in [0.05, 0.1) is 11.6 Å². The molecule has 0 heterocycles. The largest absolute Gasteiger partial charge is 0.462 e. The zero-order valence-corrected chi connectivity index (χ0v) is 9.91. The van der Waals surface area contributed by atoms with Crippen molar-refractivity contribution in [1.82, 2.24) is 0 Å². The van der Waals surface area contributed by atoms with Gasteiger partial charge in [-0.3, -0.25) is 0 Å². The van der Waals surface area contributed by atoms with E-state index in [0.717, 1.165) is 22.4 Å². The first-order chi connectivity index (χ1) is 9.09. The van der Waals surface area contributed by atoms with Gasteiger partial charge in [-0.05, 0) is 11.5 Å². The molecule has 2 aromatic rings. The van der Waals surface area contributed by atoms with Gasteiger partial charge in [0.25, 0.3) is 5.92 Å². The zero-order chi connectivity index (χ0) is 13.8. The molecule has 0 aromatic heterocycles. The highest BCUT2D eigenvalue weighted by Gasteiger charge is 2.32. The van der Waals surface area contributed by atoms with Crippen molar-refractivity contribution in [3.8, 4) is 0 Å². The molecule has 0 aliphatic rings. The van der Waals surface area contributed by atoms with E-state index in [1.165, 1.54) is 6.08 Å². The Morgan fingerprint density at radius 1 is 0.947 bits per heavy atom. The van der Waals surface area contributed by atoms with Crippen molar-refractivity contribution in [3.63, 3.8) is 0 Å². The van der Waals surface area contributed by atoms with Crippen molar-refractivity contribution in [1.29, 1.82) is 0 Å². The van der Waals surface area contributed by atoms with Crippen LogP contribution in [0.2, 0.25) is 0 Å². The summed E-state index contributed by atoms with van der Waals surface area (Å²) in [5, 5.41) is 19.5. The van der Waals surface area contributed by atoms with Crippen LogP contribution in [0, 0.1) is 5.92 Å². The van der Waals surface area contributed by atoms with Crippen molar-refractivity contribution in [2.75, 3.05) is 0 Å². The third-order valence-corrected chi connectivity index (χ3v) is 2.71. The summed E-state index contributed by atoms with van der Waals surface area (Å²) in [6.45, 7) is 0. The van der Waals surface area contributed by atoms with Crippen LogP contribution in [0.3, 0.4) is 0 Å². The smallest absolute Gasteiger partial charge is 0.429 e. The van der Waals surface area contributed by atoms with E-state index in [2.05, 4.69) is 0 Å². The molecule has 94 valence electrons. The highest BCUT2D eigenvalue weighted by molar-refractivity contribution is 6.11. The second-order valence-corrected chi connectivity index (χ2v) is 3.93. The van der Waals surface area contributed by atoms with Crippen LogP contribution in [-0.4, -0.2) is 22.2 Å². The lowest BCUT2D eigenvalue weighted by Gasteiger charge is -1.98. The van der Waals surface area contributed by atoms with Gasteiger partial charge in [0, 0.05) is 5.39 Å². The third kappa shape index (κ3) is 2.74. The second-order valence-electron chi connectivity index (χ2n) is 3.93. The summed E-state index contributed by atoms with van der Waals surface area (Å²) in [5.74, 6) is -3.57. The summed E-state index contributed by atoms with van der Waals surface area (Å²) in [5.41, 5.74) is 0.776. The van der Waals surface area contributed by atoms with Gasteiger partial charge in [-0.2, -0.15) is 0 Å². The minimum Gasteiger partial charge on any atom is -0.462 e. The fourth-order valence-electron chi connectivity index (χ4n) is 1.80. The molecule has 0 unspecified atom stereocenters. The van der Waals surface area contributed by atoms with Crippen molar-refractivity contribution in [2.45, 2.75) is 0 Å². The van der Waals surface area contributed by atoms with Crippen LogP contribution in [0.15, 0.2) is 48.5 Å². The van der Waals surface area contributed by atoms with Crippen LogP contribution in [0.5, 0.6) is 0 Å². The maximum absolute atomic E-state index is 10.8. The van der Waals surface area contributed by atoms with Crippen LogP contribution >= 0.6 is 0 Å². The minimum atomic E-state index is -1.45. The number of carbonyl (C=O) groups is 2. The van der Waals surface area contributed by atoms with E-state index in [1.807, 2.05) is 36.4 Å². The van der Waals surface area contributed by atoms with Gasteiger partial charge in [0.2, 0.25) is 0 Å². The molecule has 0 saturated heterocycles. The summed E-state index contributed by atoms with van der Waals surface area (Å²) in [7, 11) is 0. The van der Waals surface area contributed by atoms with E-state index < -0.39 is 17.9 Å². The van der Waals surface area contributed by atoms with E-state index in [4.69, 9.17) is 10.2 Å². The van der Waals surface area contributed by atoms with Gasteiger partial charge < -0.3 is 10.2 Å². The molecule has 0 aliphatic carbocycles. The standard InChI is InChI=1S/C15H10O4/c16-14(17)13(15(18)19)9-8-11-6-3-5-10-4-1-2-7-12(10)11/h1-9H,(H-,16,17,18,19)/p+1. The molecule has 0 radical (unpaired) electrons. The fourth-order valence-corrected chi connectivity index (χ4v) is 1.80. The maximum atomic E-state index is 10.8. The Hall–Kier alpha value is -2.75. The maximum Gasteiger partial charge on any atom is 0.429 e. The molecule has 0 aliphatic heterocycles. The van der Waals surface area contributed by atoms with Crippen LogP contribution in [0.4, 0.5) is 0 Å². The molecule has 2 N–H and O–H groups in total. The Morgan fingerprint density at radius 3 is 2.26 bits per heavy atom. The van der Waals surface area contributed by atoms with Gasteiger partial charge in [0.15, 0.2) is 0 Å². The highest BCUT2D eigenvalue weighted by atomic mass is 16.4. The summed E-state index contributed by atoms with van der Waals surface area (Å²) in [6.07, 6.45) is 2.60. The van der Waals surface area contributed by atoms with E-state index in [9.17, 15) is 9.59 Å². The first-order valence-electron chi connectivity index (χ1n) is 5.59. The highest BCUT2D eigenvalue weighted by Crippen LogP contribution is 2.20. The van der Waals surface area contributed by atoms with Crippen molar-refractivity contribution in [3.05, 3.63) is 60.0 Å². The Kier molecular flexibility index (Phi) is 3.52. The molecule has 2 aromatic carbocycles. The SMILES string of the molecule is O=C(O)[C+](C=Cc1cccc2ccccc12)C(=O)O. The average Bonchev–Trinajstić information content (AvgIpc) is 2.38. The van der Waals surface area contributed by atoms with E-state index in [0.29, 0.717) is 0 Å². The van der Waals surface area contributed by atoms with Crippen molar-refractivity contribution in [2.24, 2.45) is 0 Å². The lowest BCUT2D eigenvalue weighted by molar-refractivity contribution is -0.142. The molecule has 0 saturated carbocycles. The summed E-state index contributed by atoms with van der Waals surface area (Å²) >= 11 is 0. The summed E-state index contributed by atoms with van der Waals surface area (Å²) < 4.78 is 0. The van der Waals surface area contributed by atoms with E-state index >= 15 is 0 Å². The Labute approximate surface area is 109 Å². The topological polar surface area (TPSA) is 74.6 Å². The predicted octanol–water partition coefficient (Wildman–Crippen LogP) is 2.60. The second kappa shape index (κ2) is 5.27. The Balaban J connectivity index is 2.40. The number of carboxylic acids is 2. The Bertz CT molecular complexity index is 639. The number of benzene rings is 2. The number of aliphatic carboxylic acids is 2. The van der Waals surface area contributed by atoms with Gasteiger partial charge in [-0.1, -0.05) is 36.4 Å². The van der Waals surface area contributed by atoms with Gasteiger partial charge >= 0.3 is 11.9 Å². The predicted molar refractivity (Wildman–Crippen MR) is 71.5 cm³/mol. The molecule has 2 rings (SSSR count). The number of carboxylic acid groups (broad SMARTS) is 2. The zero-order valence-electron chi connectivity index (χ0n) is 9.91. The molecule has 0 fully saturated rings. The first-order valence-corrected chi connectivity index (χ1v) is 5.59. The van der Waals surface area contributed by atoms with Crippen LogP contribution < -0.4 is 0 Å². The van der Waals surface area contributed by atoms with Crippen LogP contribution in [0.1, 0.15) is 5.56 Å².